The molecule has 0 unspecified atom stereocenters. The molecule has 208 valence electrons. The van der Waals surface area contributed by atoms with Crippen molar-refractivity contribution < 1.29 is 18.7 Å². The number of aromatic nitrogens is 1. The highest BCUT2D eigenvalue weighted by molar-refractivity contribution is 6.00. The molecule has 0 spiro atoms. The van der Waals surface area contributed by atoms with Crippen LogP contribution in [0.2, 0.25) is 0 Å². The highest BCUT2D eigenvalue weighted by atomic mass is 19.1. The summed E-state index contributed by atoms with van der Waals surface area (Å²) in [5, 5.41) is 10.7. The highest BCUT2D eigenvalue weighted by Gasteiger charge is 2.15. The Labute approximate surface area is 222 Å². The van der Waals surface area contributed by atoms with Gasteiger partial charge in [-0.1, -0.05) is 25.3 Å². The Hall–Kier alpha value is -3.77. The summed E-state index contributed by atoms with van der Waals surface area (Å²) in [6, 6.07) is 8.02. The average Bonchev–Trinajstić information content (AvgIpc) is 2.88. The minimum atomic E-state index is -0.466. The first kappa shape index (κ1) is 30.5. The van der Waals surface area contributed by atoms with Crippen molar-refractivity contribution in [2.75, 3.05) is 20.7 Å². The molecule has 38 heavy (non-hydrogen) atoms. The molecular formula is C26H39FN8O3. The number of amides is 2. The summed E-state index contributed by atoms with van der Waals surface area (Å²) < 4.78 is 18.4. The second-order valence-corrected chi connectivity index (χ2v) is 9.03. The highest BCUT2D eigenvalue weighted by Crippen LogP contribution is 2.18. The molecule has 1 saturated carbocycles. The third kappa shape index (κ3) is 10.3. The van der Waals surface area contributed by atoms with Crippen LogP contribution in [0.4, 0.5) is 4.39 Å². The Kier molecular flexibility index (Phi) is 12.4. The van der Waals surface area contributed by atoms with Gasteiger partial charge in [0.1, 0.15) is 5.69 Å². The van der Waals surface area contributed by atoms with Crippen molar-refractivity contribution in [3.8, 4) is 5.75 Å². The van der Waals surface area contributed by atoms with Crippen LogP contribution in [0.3, 0.4) is 0 Å². The number of halogens is 1. The van der Waals surface area contributed by atoms with Gasteiger partial charge in [-0.2, -0.15) is 0 Å². The van der Waals surface area contributed by atoms with Gasteiger partial charge >= 0.3 is 0 Å². The van der Waals surface area contributed by atoms with Crippen molar-refractivity contribution >= 4 is 17.6 Å². The first-order chi connectivity index (χ1) is 18.1. The molecule has 1 heterocycles. The molecule has 1 aromatic carbocycles. The molecule has 0 aliphatic heterocycles. The minimum absolute atomic E-state index is 0.114. The third-order valence-corrected chi connectivity index (χ3v) is 5.76. The van der Waals surface area contributed by atoms with Gasteiger partial charge in [-0.3, -0.25) is 9.59 Å². The van der Waals surface area contributed by atoms with Crippen molar-refractivity contribution in [2.45, 2.75) is 58.0 Å². The van der Waals surface area contributed by atoms with E-state index in [9.17, 15) is 14.0 Å². The first-order valence-corrected chi connectivity index (χ1v) is 12.5. The van der Waals surface area contributed by atoms with Gasteiger partial charge < -0.3 is 26.8 Å². The zero-order chi connectivity index (χ0) is 28.1. The molecule has 1 aliphatic rings. The Morgan fingerprint density at radius 3 is 2.55 bits per heavy atom. The largest absolute Gasteiger partial charge is 0.494 e. The molecule has 1 fully saturated rings. The van der Waals surface area contributed by atoms with Gasteiger partial charge in [0.25, 0.3) is 5.91 Å². The Bertz CT molecular complexity index is 1100. The second-order valence-electron chi connectivity index (χ2n) is 9.03. The summed E-state index contributed by atoms with van der Waals surface area (Å²) in [6.45, 7) is 2.39. The molecule has 2 aromatic rings. The van der Waals surface area contributed by atoms with E-state index in [0.29, 0.717) is 35.8 Å². The summed E-state index contributed by atoms with van der Waals surface area (Å²) >= 11 is 0. The maximum absolute atomic E-state index is 13.4. The van der Waals surface area contributed by atoms with Gasteiger partial charge in [0.2, 0.25) is 5.91 Å². The summed E-state index contributed by atoms with van der Waals surface area (Å²) in [4.78, 5) is 27.7. The van der Waals surface area contributed by atoms with Gasteiger partial charge in [-0.15, -0.1) is 5.10 Å². The first-order valence-electron chi connectivity index (χ1n) is 12.5. The lowest BCUT2D eigenvalue weighted by molar-refractivity contribution is -0.121. The van der Waals surface area contributed by atoms with E-state index in [2.05, 4.69) is 20.7 Å². The van der Waals surface area contributed by atoms with E-state index in [1.54, 1.807) is 19.1 Å². The van der Waals surface area contributed by atoms with Crippen LogP contribution in [0.1, 0.15) is 65.8 Å². The summed E-state index contributed by atoms with van der Waals surface area (Å²) in [5.74, 6) is 4.98. The number of rotatable bonds is 9. The molecule has 0 saturated heterocycles. The Morgan fingerprint density at radius 1 is 1.21 bits per heavy atom. The van der Waals surface area contributed by atoms with Crippen molar-refractivity contribution in [2.24, 2.45) is 22.4 Å². The Morgan fingerprint density at radius 2 is 1.92 bits per heavy atom. The van der Waals surface area contributed by atoms with E-state index in [1.807, 2.05) is 0 Å². The van der Waals surface area contributed by atoms with Crippen LogP contribution in [0.5, 0.6) is 5.75 Å². The van der Waals surface area contributed by atoms with Crippen LogP contribution in [0, 0.1) is 12.7 Å². The summed E-state index contributed by atoms with van der Waals surface area (Å²) in [7, 11) is 2.91. The van der Waals surface area contributed by atoms with Crippen LogP contribution >= 0.6 is 0 Å². The topological polar surface area (TPSA) is 174 Å². The zero-order valence-electron chi connectivity index (χ0n) is 22.3. The van der Waals surface area contributed by atoms with E-state index in [4.69, 9.17) is 22.0 Å². The molecule has 2 amide bonds. The van der Waals surface area contributed by atoms with Crippen molar-refractivity contribution in [3.05, 3.63) is 58.7 Å². The number of amidine groups is 1. The minimum Gasteiger partial charge on any atom is -0.494 e. The number of methoxy groups -OCH3 is 1. The van der Waals surface area contributed by atoms with Gasteiger partial charge in [-0.25, -0.2) is 20.3 Å². The molecule has 12 heteroatoms. The lowest BCUT2D eigenvalue weighted by atomic mass is 9.95. The zero-order valence-corrected chi connectivity index (χ0v) is 22.3. The van der Waals surface area contributed by atoms with Gasteiger partial charge in [-0.05, 0) is 49.6 Å². The standard InChI is InChI=1S/C17H21FN6O2.C9H18N2O/c1-10-6-12(16(19)23-24(2)20)8-14(22-10)17(25)21-9-11-4-5-13(18)15(7-11)26-3;10-7-6-9(12)11-8-4-2-1-3-5-8/h4-8H,9,20H2,1-3H3,(H2,19,23)(H,21,25);8H,1-7,10H2,(H,11,12). The monoisotopic (exact) mass is 530 g/mol. The number of nitrogens with zero attached hydrogens (tertiary/aromatic N) is 3. The molecule has 0 radical (unpaired) electrons. The maximum atomic E-state index is 13.4. The van der Waals surface area contributed by atoms with Gasteiger partial charge in [0.05, 0.1) is 7.11 Å². The number of aryl methyl sites for hydroxylation is 1. The molecule has 0 atom stereocenters. The van der Waals surface area contributed by atoms with Crippen LogP contribution in [0.15, 0.2) is 35.4 Å². The van der Waals surface area contributed by atoms with Crippen LogP contribution in [0.25, 0.3) is 0 Å². The number of hydrogen-bond donors (Lipinski definition) is 5. The summed E-state index contributed by atoms with van der Waals surface area (Å²) in [5.41, 5.74) is 13.2. The average molecular weight is 531 g/mol. The third-order valence-electron chi connectivity index (χ3n) is 5.76. The van der Waals surface area contributed by atoms with Crippen LogP contribution in [-0.4, -0.2) is 54.5 Å². The number of pyridine rings is 1. The number of hydrazine groups is 1. The number of nitrogens with one attached hydrogen (secondary N) is 2. The predicted octanol–water partition coefficient (Wildman–Crippen LogP) is 1.68. The van der Waals surface area contributed by atoms with Crippen molar-refractivity contribution in [1.82, 2.24) is 20.7 Å². The van der Waals surface area contributed by atoms with Crippen LogP contribution < -0.4 is 32.7 Å². The fourth-order valence-corrected chi connectivity index (χ4v) is 3.93. The molecule has 8 N–H and O–H groups in total. The smallest absolute Gasteiger partial charge is 0.270 e. The number of hydrazone groups is 1. The lowest BCUT2D eigenvalue weighted by Crippen LogP contribution is -2.36. The number of carbonyl (C=O) groups is 2. The molecule has 1 aromatic heterocycles. The van der Waals surface area contributed by atoms with Crippen molar-refractivity contribution in [3.63, 3.8) is 0 Å². The SMILES string of the molecule is COc1cc(CNC(=O)c2cc(/C(N)=N/N(C)N)cc(C)n2)ccc1F.NCCC(=O)NC1CCCCC1. The van der Waals surface area contributed by atoms with E-state index in [0.717, 1.165) is 18.0 Å². The van der Waals surface area contributed by atoms with E-state index in [1.165, 1.54) is 51.6 Å². The molecule has 11 nitrogen and oxygen atoms in total. The maximum Gasteiger partial charge on any atom is 0.270 e. The van der Waals surface area contributed by atoms with Gasteiger partial charge in [0.15, 0.2) is 17.4 Å². The van der Waals surface area contributed by atoms with E-state index >= 15 is 0 Å². The normalized spacial score (nSPS) is 13.7. The molecule has 3 rings (SSSR count). The van der Waals surface area contributed by atoms with E-state index < -0.39 is 11.7 Å². The fourth-order valence-electron chi connectivity index (χ4n) is 3.93. The Balaban J connectivity index is 0.000000352. The quantitative estimate of drug-likeness (QED) is 0.141. The molecule has 1 aliphatic carbocycles. The number of benzene rings is 1. The fraction of sp³-hybridized carbons (Fsp3) is 0.462. The molecular weight excluding hydrogens is 491 g/mol. The summed E-state index contributed by atoms with van der Waals surface area (Å²) in [6.07, 6.45) is 6.60. The second kappa shape index (κ2) is 15.5. The van der Waals surface area contributed by atoms with Crippen LogP contribution in [-0.2, 0) is 11.3 Å². The lowest BCUT2D eigenvalue weighted by Gasteiger charge is -2.22. The number of carbonyl (C=O) groups excluding carboxylic acids is 2. The predicted molar refractivity (Wildman–Crippen MR) is 144 cm³/mol. The number of ether oxygens (including phenoxy) is 1. The van der Waals surface area contributed by atoms with Crippen molar-refractivity contribution in [1.29, 1.82) is 0 Å². The molecule has 0 bridgehead atoms. The van der Waals surface area contributed by atoms with E-state index in [-0.39, 0.29) is 29.7 Å². The number of nitrogens with two attached hydrogens (primary N) is 3. The number of hydrogen-bond acceptors (Lipinski definition) is 8. The van der Waals surface area contributed by atoms with Gasteiger partial charge in [0, 0.05) is 43.9 Å².